The molecule has 0 aliphatic rings. The molecule has 0 saturated heterocycles. The summed E-state index contributed by atoms with van der Waals surface area (Å²) in [5, 5.41) is 5.50. The number of hydrogen-bond acceptors (Lipinski definition) is 3. The fraction of sp³-hybridized carbons (Fsp3) is 0.294. The topological polar surface area (TPSA) is 48.0 Å². The molecule has 0 spiro atoms. The average Bonchev–Trinajstić information content (AvgIpc) is 2.76. The third kappa shape index (κ3) is 2.07. The number of aryl methyl sites for hydroxylation is 3. The average molecular weight is 282 g/mol. The van der Waals surface area contributed by atoms with Crippen LogP contribution in [0.3, 0.4) is 0 Å². The zero-order valence-electron chi connectivity index (χ0n) is 12.7. The van der Waals surface area contributed by atoms with Gasteiger partial charge in [0.05, 0.1) is 16.8 Å². The Morgan fingerprint density at radius 3 is 2.67 bits per heavy atom. The molecule has 21 heavy (non-hydrogen) atoms. The van der Waals surface area contributed by atoms with Gasteiger partial charge in [-0.25, -0.2) is 4.79 Å². The largest absolute Gasteiger partial charge is 0.403 e. The fourth-order valence-corrected chi connectivity index (χ4v) is 2.83. The van der Waals surface area contributed by atoms with E-state index in [0.717, 1.165) is 33.5 Å². The van der Waals surface area contributed by atoms with E-state index in [9.17, 15) is 4.79 Å². The lowest BCUT2D eigenvalue weighted by Gasteiger charge is -2.05. The Kier molecular flexibility index (Phi) is 3.16. The zero-order chi connectivity index (χ0) is 15.1. The van der Waals surface area contributed by atoms with Crippen LogP contribution in [-0.4, -0.2) is 9.78 Å². The molecule has 1 aromatic carbocycles. The predicted molar refractivity (Wildman–Crippen MR) is 83.2 cm³/mol. The second kappa shape index (κ2) is 4.88. The Bertz CT molecular complexity index is 888. The lowest BCUT2D eigenvalue weighted by atomic mass is 10.1. The summed E-state index contributed by atoms with van der Waals surface area (Å²) in [6, 6.07) is 7.98. The Morgan fingerprint density at radius 1 is 1.24 bits per heavy atom. The van der Waals surface area contributed by atoms with E-state index in [1.54, 1.807) is 4.68 Å². The first-order valence-corrected chi connectivity index (χ1v) is 7.12. The van der Waals surface area contributed by atoms with Crippen molar-refractivity contribution < 1.29 is 4.42 Å². The summed E-state index contributed by atoms with van der Waals surface area (Å²) in [7, 11) is 0. The minimum Gasteiger partial charge on any atom is -0.403 e. The Hall–Kier alpha value is -2.36. The molecule has 108 valence electrons. The van der Waals surface area contributed by atoms with Crippen LogP contribution >= 0.6 is 0 Å². The van der Waals surface area contributed by atoms with Gasteiger partial charge in [-0.05, 0) is 50.5 Å². The number of fused-ring (bicyclic) bond motifs is 1. The lowest BCUT2D eigenvalue weighted by Crippen LogP contribution is -2.10. The van der Waals surface area contributed by atoms with Crippen molar-refractivity contribution >= 4 is 11.1 Å². The number of hydrogen-bond donors (Lipinski definition) is 0. The maximum Gasteiger partial charge on any atom is 0.341 e. The molecule has 2 heterocycles. The van der Waals surface area contributed by atoms with Crippen molar-refractivity contribution in [2.45, 2.75) is 34.1 Å². The first kappa shape index (κ1) is 13.6. The van der Waals surface area contributed by atoms with E-state index in [1.165, 1.54) is 0 Å². The number of nitrogens with zero attached hydrogens (tertiary/aromatic N) is 2. The molecule has 0 saturated carbocycles. The molecule has 0 fully saturated rings. The van der Waals surface area contributed by atoms with Crippen LogP contribution in [0.4, 0.5) is 0 Å². The highest BCUT2D eigenvalue weighted by atomic mass is 16.4. The van der Waals surface area contributed by atoms with Gasteiger partial charge < -0.3 is 4.42 Å². The van der Waals surface area contributed by atoms with Crippen LogP contribution in [0.5, 0.6) is 0 Å². The van der Waals surface area contributed by atoms with Crippen molar-refractivity contribution in [3.05, 3.63) is 57.1 Å². The van der Waals surface area contributed by atoms with Gasteiger partial charge in [0.15, 0.2) is 0 Å². The molecule has 0 atom stereocenters. The smallest absolute Gasteiger partial charge is 0.341 e. The molecule has 2 aromatic heterocycles. The lowest BCUT2D eigenvalue weighted by molar-refractivity contribution is 0.526. The standard InChI is InChI=1S/C17H18N2O2/c1-5-14-11(3)15-12(4)18-19(16(15)21-17(14)20)13-8-6-7-10(2)9-13/h6-9H,5H2,1-4H3. The monoisotopic (exact) mass is 282 g/mol. The van der Waals surface area contributed by atoms with Gasteiger partial charge in [0.25, 0.3) is 0 Å². The quantitative estimate of drug-likeness (QED) is 0.723. The summed E-state index contributed by atoms with van der Waals surface area (Å²) in [6.45, 7) is 7.90. The molecule has 3 rings (SSSR count). The van der Waals surface area contributed by atoms with E-state index in [2.05, 4.69) is 5.10 Å². The normalized spacial score (nSPS) is 11.2. The molecule has 0 amide bonds. The van der Waals surface area contributed by atoms with E-state index in [4.69, 9.17) is 4.42 Å². The van der Waals surface area contributed by atoms with Gasteiger partial charge in [0.1, 0.15) is 0 Å². The van der Waals surface area contributed by atoms with E-state index >= 15 is 0 Å². The van der Waals surface area contributed by atoms with Crippen molar-refractivity contribution in [3.8, 4) is 5.69 Å². The number of aromatic nitrogens is 2. The summed E-state index contributed by atoms with van der Waals surface area (Å²) >= 11 is 0. The van der Waals surface area contributed by atoms with Gasteiger partial charge in [-0.15, -0.1) is 0 Å². The highest BCUT2D eigenvalue weighted by Crippen LogP contribution is 2.25. The number of benzene rings is 1. The first-order chi connectivity index (χ1) is 10.0. The molecule has 4 nitrogen and oxygen atoms in total. The highest BCUT2D eigenvalue weighted by molar-refractivity contribution is 5.82. The third-order valence-corrected chi connectivity index (χ3v) is 3.88. The summed E-state index contributed by atoms with van der Waals surface area (Å²) < 4.78 is 7.27. The van der Waals surface area contributed by atoms with Crippen LogP contribution in [0, 0.1) is 20.8 Å². The molecule has 0 bridgehead atoms. The molecule has 3 aromatic rings. The molecule has 0 N–H and O–H groups in total. The van der Waals surface area contributed by atoms with Crippen LogP contribution in [0.2, 0.25) is 0 Å². The maximum atomic E-state index is 12.1. The van der Waals surface area contributed by atoms with Gasteiger partial charge >= 0.3 is 5.63 Å². The van der Waals surface area contributed by atoms with Crippen molar-refractivity contribution in [1.82, 2.24) is 9.78 Å². The summed E-state index contributed by atoms with van der Waals surface area (Å²) in [5.74, 6) is 0. The predicted octanol–water partition coefficient (Wildman–Crippen LogP) is 3.47. The van der Waals surface area contributed by atoms with Crippen LogP contribution < -0.4 is 5.63 Å². The molecule has 0 radical (unpaired) electrons. The van der Waals surface area contributed by atoms with Crippen LogP contribution in [0.1, 0.15) is 29.3 Å². The van der Waals surface area contributed by atoms with E-state index in [0.29, 0.717) is 12.1 Å². The first-order valence-electron chi connectivity index (χ1n) is 7.12. The number of rotatable bonds is 2. The fourth-order valence-electron chi connectivity index (χ4n) is 2.83. The Balaban J connectivity index is 2.39. The SMILES string of the molecule is CCc1c(C)c2c(C)nn(-c3cccc(C)c3)c2oc1=O. The van der Waals surface area contributed by atoms with Gasteiger partial charge in [0, 0.05) is 5.56 Å². The van der Waals surface area contributed by atoms with E-state index < -0.39 is 0 Å². The van der Waals surface area contributed by atoms with Crippen molar-refractivity contribution in [2.24, 2.45) is 0 Å². The molecular formula is C17H18N2O2. The van der Waals surface area contributed by atoms with E-state index in [-0.39, 0.29) is 5.63 Å². The second-order valence-corrected chi connectivity index (χ2v) is 5.36. The third-order valence-electron chi connectivity index (χ3n) is 3.88. The summed E-state index contributed by atoms with van der Waals surface area (Å²) in [5.41, 5.74) is 4.88. The van der Waals surface area contributed by atoms with Gasteiger partial charge in [-0.2, -0.15) is 9.78 Å². The maximum absolute atomic E-state index is 12.1. The minimum atomic E-state index is -0.267. The summed E-state index contributed by atoms with van der Waals surface area (Å²) in [4.78, 5) is 12.1. The van der Waals surface area contributed by atoms with Crippen molar-refractivity contribution in [3.63, 3.8) is 0 Å². The molecule has 4 heteroatoms. The summed E-state index contributed by atoms with van der Waals surface area (Å²) in [6.07, 6.45) is 0.666. The molecule has 0 unspecified atom stereocenters. The molecule has 0 aliphatic carbocycles. The van der Waals surface area contributed by atoms with Crippen LogP contribution in [0.15, 0.2) is 33.5 Å². The van der Waals surface area contributed by atoms with Gasteiger partial charge in [-0.1, -0.05) is 19.1 Å². The van der Waals surface area contributed by atoms with Gasteiger partial charge in [0.2, 0.25) is 5.71 Å². The van der Waals surface area contributed by atoms with Crippen molar-refractivity contribution in [1.29, 1.82) is 0 Å². The van der Waals surface area contributed by atoms with Crippen LogP contribution in [0.25, 0.3) is 16.8 Å². The van der Waals surface area contributed by atoms with E-state index in [1.807, 2.05) is 52.0 Å². The Labute approximate surface area is 123 Å². The van der Waals surface area contributed by atoms with Gasteiger partial charge in [-0.3, -0.25) is 0 Å². The Morgan fingerprint density at radius 2 is 2.00 bits per heavy atom. The van der Waals surface area contributed by atoms with Crippen molar-refractivity contribution in [2.75, 3.05) is 0 Å². The molecule has 0 aliphatic heterocycles. The second-order valence-electron chi connectivity index (χ2n) is 5.36. The highest BCUT2D eigenvalue weighted by Gasteiger charge is 2.18. The minimum absolute atomic E-state index is 0.267. The van der Waals surface area contributed by atoms with Crippen LogP contribution in [-0.2, 0) is 6.42 Å². The zero-order valence-corrected chi connectivity index (χ0v) is 12.7. The molecular weight excluding hydrogens is 264 g/mol.